The average molecular weight is 245 g/mol. The molecular weight excluding hydrogens is 228 g/mol. The van der Waals surface area contributed by atoms with E-state index in [1.54, 1.807) is 11.3 Å². The van der Waals surface area contributed by atoms with Crippen molar-refractivity contribution >= 4 is 22.9 Å². The summed E-state index contributed by atoms with van der Waals surface area (Å²) in [4.78, 5) is 0. The number of halogens is 1. The Bertz CT molecular complexity index is 299. The van der Waals surface area contributed by atoms with E-state index >= 15 is 0 Å². The second-order valence-corrected chi connectivity index (χ2v) is 5.44. The number of hydrogen-bond donors (Lipinski definition) is 0. The van der Waals surface area contributed by atoms with Gasteiger partial charge in [-0.15, -0.1) is 11.6 Å². The fraction of sp³-hybridized carbons (Fsp3) is 0.667. The van der Waals surface area contributed by atoms with E-state index in [2.05, 4.69) is 23.8 Å². The van der Waals surface area contributed by atoms with Gasteiger partial charge in [0, 0.05) is 17.9 Å². The molecule has 15 heavy (non-hydrogen) atoms. The molecule has 1 aliphatic heterocycles. The van der Waals surface area contributed by atoms with Gasteiger partial charge in [-0.2, -0.15) is 11.3 Å². The van der Waals surface area contributed by atoms with Gasteiger partial charge < -0.3 is 4.74 Å². The van der Waals surface area contributed by atoms with Crippen molar-refractivity contribution in [1.29, 1.82) is 0 Å². The summed E-state index contributed by atoms with van der Waals surface area (Å²) >= 11 is 7.89. The molecule has 1 aliphatic rings. The molecule has 0 bridgehead atoms. The Hall–Kier alpha value is -0.0500. The molecule has 1 saturated heterocycles. The van der Waals surface area contributed by atoms with Crippen LogP contribution in [0.2, 0.25) is 0 Å². The highest BCUT2D eigenvalue weighted by molar-refractivity contribution is 7.07. The van der Waals surface area contributed by atoms with E-state index in [9.17, 15) is 0 Å². The van der Waals surface area contributed by atoms with E-state index in [1.807, 2.05) is 0 Å². The van der Waals surface area contributed by atoms with Crippen LogP contribution in [0.5, 0.6) is 0 Å². The molecule has 0 aromatic carbocycles. The highest BCUT2D eigenvalue weighted by Crippen LogP contribution is 2.40. The molecule has 0 spiro atoms. The van der Waals surface area contributed by atoms with E-state index < -0.39 is 0 Å². The third-order valence-electron chi connectivity index (χ3n) is 3.59. The summed E-state index contributed by atoms with van der Waals surface area (Å²) in [6.45, 7) is 3.03. The van der Waals surface area contributed by atoms with Crippen LogP contribution in [-0.2, 0) is 11.2 Å². The van der Waals surface area contributed by atoms with Gasteiger partial charge in [0.25, 0.3) is 0 Å². The minimum Gasteiger partial charge on any atom is -0.378 e. The minimum absolute atomic E-state index is 0.212. The topological polar surface area (TPSA) is 9.23 Å². The first kappa shape index (κ1) is 11.4. The molecule has 1 nitrogen and oxygen atoms in total. The third kappa shape index (κ3) is 2.38. The number of aryl methyl sites for hydroxylation is 1. The predicted octanol–water partition coefficient (Wildman–Crippen LogP) is 3.71. The van der Waals surface area contributed by atoms with Crippen LogP contribution < -0.4 is 0 Å². The number of hydrogen-bond acceptors (Lipinski definition) is 2. The van der Waals surface area contributed by atoms with Crippen molar-refractivity contribution in [3.05, 3.63) is 22.4 Å². The molecule has 0 amide bonds. The largest absolute Gasteiger partial charge is 0.378 e. The van der Waals surface area contributed by atoms with Crippen molar-refractivity contribution in [3.8, 4) is 0 Å². The molecule has 1 aromatic heterocycles. The Morgan fingerprint density at radius 2 is 2.53 bits per heavy atom. The van der Waals surface area contributed by atoms with Crippen LogP contribution in [-0.4, -0.2) is 18.6 Å². The monoisotopic (exact) mass is 244 g/mol. The van der Waals surface area contributed by atoms with Gasteiger partial charge in [0.05, 0.1) is 6.10 Å². The maximum atomic E-state index is 6.12. The summed E-state index contributed by atoms with van der Waals surface area (Å²) in [7, 11) is 0. The molecule has 84 valence electrons. The molecule has 2 unspecified atom stereocenters. The first-order chi connectivity index (χ1) is 7.27. The summed E-state index contributed by atoms with van der Waals surface area (Å²) in [6.07, 6.45) is 3.70. The Morgan fingerprint density at radius 3 is 3.07 bits per heavy atom. The lowest BCUT2D eigenvalue weighted by Gasteiger charge is -2.29. The standard InChI is InChI=1S/C12H17ClOS/c1-10-12(9-13,5-6-14-10)4-2-11-3-7-15-8-11/h3,7-8,10H,2,4-6,9H2,1H3. The summed E-state index contributed by atoms with van der Waals surface area (Å²) < 4.78 is 5.65. The molecule has 1 aromatic rings. The summed E-state index contributed by atoms with van der Waals surface area (Å²) in [5.74, 6) is 0.721. The molecule has 0 radical (unpaired) electrons. The lowest BCUT2D eigenvalue weighted by atomic mass is 9.79. The maximum Gasteiger partial charge on any atom is 0.0615 e. The van der Waals surface area contributed by atoms with Crippen LogP contribution in [0, 0.1) is 5.41 Å². The van der Waals surface area contributed by atoms with Gasteiger partial charge in [-0.25, -0.2) is 0 Å². The first-order valence-corrected chi connectivity index (χ1v) is 6.93. The highest BCUT2D eigenvalue weighted by Gasteiger charge is 2.40. The Labute approximate surface area is 100 Å². The molecule has 1 fully saturated rings. The molecule has 2 rings (SSSR count). The summed E-state index contributed by atoms with van der Waals surface area (Å²) in [6, 6.07) is 2.20. The van der Waals surface area contributed by atoms with Crippen LogP contribution in [0.4, 0.5) is 0 Å². The predicted molar refractivity (Wildman–Crippen MR) is 65.8 cm³/mol. The van der Waals surface area contributed by atoms with Crippen molar-refractivity contribution in [2.75, 3.05) is 12.5 Å². The zero-order chi connectivity index (χ0) is 10.7. The van der Waals surface area contributed by atoms with Crippen LogP contribution in [0.15, 0.2) is 16.8 Å². The van der Waals surface area contributed by atoms with Crippen molar-refractivity contribution in [3.63, 3.8) is 0 Å². The summed E-state index contributed by atoms with van der Waals surface area (Å²) in [5.41, 5.74) is 1.65. The van der Waals surface area contributed by atoms with Crippen molar-refractivity contribution in [2.45, 2.75) is 32.3 Å². The van der Waals surface area contributed by atoms with E-state index in [0.717, 1.165) is 31.7 Å². The molecule has 2 heterocycles. The molecular formula is C12H17ClOS. The van der Waals surface area contributed by atoms with Crippen molar-refractivity contribution < 1.29 is 4.74 Å². The molecule has 0 saturated carbocycles. The van der Waals surface area contributed by atoms with Crippen molar-refractivity contribution in [1.82, 2.24) is 0 Å². The fourth-order valence-corrected chi connectivity index (χ4v) is 3.41. The zero-order valence-electron chi connectivity index (χ0n) is 9.04. The Balaban J connectivity index is 1.96. The van der Waals surface area contributed by atoms with Crippen LogP contribution in [0.3, 0.4) is 0 Å². The number of thiophene rings is 1. The lowest BCUT2D eigenvalue weighted by molar-refractivity contribution is 0.0697. The van der Waals surface area contributed by atoms with E-state index in [1.165, 1.54) is 5.56 Å². The van der Waals surface area contributed by atoms with Gasteiger partial charge in [0.15, 0.2) is 0 Å². The second kappa shape index (κ2) is 4.86. The van der Waals surface area contributed by atoms with Gasteiger partial charge in [-0.1, -0.05) is 0 Å². The number of ether oxygens (including phenoxy) is 1. The van der Waals surface area contributed by atoms with Gasteiger partial charge in [-0.05, 0) is 48.6 Å². The normalized spacial score (nSPS) is 30.9. The second-order valence-electron chi connectivity index (χ2n) is 4.39. The van der Waals surface area contributed by atoms with Gasteiger partial charge in [-0.3, -0.25) is 0 Å². The smallest absolute Gasteiger partial charge is 0.0615 e. The number of rotatable bonds is 4. The highest BCUT2D eigenvalue weighted by atomic mass is 35.5. The lowest BCUT2D eigenvalue weighted by Crippen LogP contribution is -2.31. The average Bonchev–Trinajstić information content (AvgIpc) is 2.85. The van der Waals surface area contributed by atoms with Gasteiger partial charge in [0.2, 0.25) is 0 Å². The number of alkyl halides is 1. The zero-order valence-corrected chi connectivity index (χ0v) is 10.6. The Morgan fingerprint density at radius 1 is 1.67 bits per heavy atom. The van der Waals surface area contributed by atoms with E-state index in [-0.39, 0.29) is 5.41 Å². The SMILES string of the molecule is CC1OCCC1(CCl)CCc1ccsc1. The molecule has 0 N–H and O–H groups in total. The maximum absolute atomic E-state index is 6.12. The van der Waals surface area contributed by atoms with Gasteiger partial charge >= 0.3 is 0 Å². The Kier molecular flexibility index (Phi) is 3.70. The molecule has 0 aliphatic carbocycles. The van der Waals surface area contributed by atoms with Crippen LogP contribution >= 0.6 is 22.9 Å². The van der Waals surface area contributed by atoms with Crippen molar-refractivity contribution in [2.24, 2.45) is 5.41 Å². The molecule has 3 heteroatoms. The summed E-state index contributed by atoms with van der Waals surface area (Å²) in [5, 5.41) is 4.36. The van der Waals surface area contributed by atoms with E-state index in [0.29, 0.717) is 6.10 Å². The molecule has 2 atom stereocenters. The van der Waals surface area contributed by atoms with Gasteiger partial charge in [0.1, 0.15) is 0 Å². The fourth-order valence-electron chi connectivity index (χ4n) is 2.22. The third-order valence-corrected chi connectivity index (χ3v) is 4.85. The van der Waals surface area contributed by atoms with Crippen LogP contribution in [0.25, 0.3) is 0 Å². The minimum atomic E-state index is 0.212. The van der Waals surface area contributed by atoms with E-state index in [4.69, 9.17) is 16.3 Å². The van der Waals surface area contributed by atoms with Crippen LogP contribution in [0.1, 0.15) is 25.3 Å². The first-order valence-electron chi connectivity index (χ1n) is 5.45. The quantitative estimate of drug-likeness (QED) is 0.734.